The van der Waals surface area contributed by atoms with Gasteiger partial charge >= 0.3 is 0 Å². The lowest BCUT2D eigenvalue weighted by atomic mass is 9.97. The molecule has 1 aliphatic carbocycles. The summed E-state index contributed by atoms with van der Waals surface area (Å²) in [7, 11) is 0. The fourth-order valence-electron chi connectivity index (χ4n) is 3.17. The van der Waals surface area contributed by atoms with E-state index in [9.17, 15) is 0 Å². The third-order valence-electron chi connectivity index (χ3n) is 4.16. The number of hydrogen-bond acceptors (Lipinski definition) is 3. The fraction of sp³-hybridized carbons (Fsp3) is 0.462. The molecule has 2 atom stereocenters. The second-order valence-corrected chi connectivity index (χ2v) is 5.24. The highest BCUT2D eigenvalue weighted by Crippen LogP contribution is 2.38. The molecule has 1 saturated carbocycles. The Kier molecular flexibility index (Phi) is 1.98. The molecular formula is C13H15N5. The largest absolute Gasteiger partial charge is 0.345 e. The van der Waals surface area contributed by atoms with E-state index in [0.29, 0.717) is 11.8 Å². The van der Waals surface area contributed by atoms with E-state index in [2.05, 4.69) is 31.5 Å². The summed E-state index contributed by atoms with van der Waals surface area (Å²) in [5.41, 5.74) is 2.82. The zero-order valence-corrected chi connectivity index (χ0v) is 10.3. The van der Waals surface area contributed by atoms with Gasteiger partial charge in [0.1, 0.15) is 5.82 Å². The van der Waals surface area contributed by atoms with Gasteiger partial charge in [0, 0.05) is 12.1 Å². The molecule has 0 aliphatic heterocycles. The molecule has 0 radical (unpaired) electrons. The Morgan fingerprint density at radius 3 is 3.11 bits per heavy atom. The Hall–Kier alpha value is -1.91. The molecule has 0 bridgehead atoms. The van der Waals surface area contributed by atoms with Crippen molar-refractivity contribution >= 4 is 16.8 Å². The summed E-state index contributed by atoms with van der Waals surface area (Å²) in [5, 5.41) is 8.68. The van der Waals surface area contributed by atoms with Crippen molar-refractivity contribution in [3.05, 3.63) is 24.3 Å². The van der Waals surface area contributed by atoms with E-state index < -0.39 is 0 Å². The summed E-state index contributed by atoms with van der Waals surface area (Å²) in [4.78, 5) is 7.49. The highest BCUT2D eigenvalue weighted by atomic mass is 15.3. The van der Waals surface area contributed by atoms with E-state index in [0.717, 1.165) is 22.6 Å². The van der Waals surface area contributed by atoms with Crippen LogP contribution in [0.1, 0.15) is 37.9 Å². The summed E-state index contributed by atoms with van der Waals surface area (Å²) in [6.07, 6.45) is 7.51. The van der Waals surface area contributed by atoms with Gasteiger partial charge in [-0.2, -0.15) is 0 Å². The van der Waals surface area contributed by atoms with Crippen molar-refractivity contribution in [2.75, 3.05) is 0 Å². The maximum Gasteiger partial charge on any atom is 0.179 e. The van der Waals surface area contributed by atoms with E-state index in [4.69, 9.17) is 0 Å². The maximum absolute atomic E-state index is 4.42. The monoisotopic (exact) mass is 241 g/mol. The van der Waals surface area contributed by atoms with Gasteiger partial charge in [0.05, 0.1) is 11.7 Å². The van der Waals surface area contributed by atoms with Crippen LogP contribution in [0.25, 0.3) is 16.8 Å². The SMILES string of the molecule is C[C@H]1CCCC1c1nnc2cnc3[nH]ccc3n12. The fourth-order valence-corrected chi connectivity index (χ4v) is 3.17. The lowest BCUT2D eigenvalue weighted by Gasteiger charge is -2.13. The lowest BCUT2D eigenvalue weighted by Crippen LogP contribution is -2.07. The smallest absolute Gasteiger partial charge is 0.179 e. The van der Waals surface area contributed by atoms with Crippen molar-refractivity contribution < 1.29 is 0 Å². The van der Waals surface area contributed by atoms with Gasteiger partial charge in [0.25, 0.3) is 0 Å². The van der Waals surface area contributed by atoms with Gasteiger partial charge in [0.15, 0.2) is 11.3 Å². The summed E-state index contributed by atoms with van der Waals surface area (Å²) >= 11 is 0. The van der Waals surface area contributed by atoms with Gasteiger partial charge in [-0.1, -0.05) is 13.3 Å². The first kappa shape index (κ1) is 10.1. The van der Waals surface area contributed by atoms with Crippen molar-refractivity contribution in [3.63, 3.8) is 0 Å². The molecule has 3 heterocycles. The number of hydrogen-bond donors (Lipinski definition) is 1. The van der Waals surface area contributed by atoms with Crippen LogP contribution in [0, 0.1) is 5.92 Å². The summed E-state index contributed by atoms with van der Waals surface area (Å²) < 4.78 is 2.16. The number of nitrogens with one attached hydrogen (secondary N) is 1. The van der Waals surface area contributed by atoms with Crippen molar-refractivity contribution in [2.45, 2.75) is 32.1 Å². The summed E-state index contributed by atoms with van der Waals surface area (Å²) in [6.45, 7) is 2.31. The average molecular weight is 241 g/mol. The molecule has 5 nitrogen and oxygen atoms in total. The topological polar surface area (TPSA) is 58.9 Å². The first-order chi connectivity index (χ1) is 8.84. The minimum Gasteiger partial charge on any atom is -0.345 e. The molecule has 1 aliphatic rings. The van der Waals surface area contributed by atoms with Gasteiger partial charge in [-0.15, -0.1) is 10.2 Å². The van der Waals surface area contributed by atoms with E-state index in [1.807, 2.05) is 12.3 Å². The zero-order chi connectivity index (χ0) is 12.1. The van der Waals surface area contributed by atoms with Crippen LogP contribution in [0.15, 0.2) is 18.5 Å². The van der Waals surface area contributed by atoms with Crippen LogP contribution in [0.2, 0.25) is 0 Å². The molecule has 18 heavy (non-hydrogen) atoms. The molecule has 0 aromatic carbocycles. The lowest BCUT2D eigenvalue weighted by molar-refractivity contribution is 0.507. The third kappa shape index (κ3) is 1.24. The van der Waals surface area contributed by atoms with E-state index in [-0.39, 0.29) is 0 Å². The minimum atomic E-state index is 0.528. The van der Waals surface area contributed by atoms with Crippen molar-refractivity contribution in [1.82, 2.24) is 24.6 Å². The second kappa shape index (κ2) is 3.54. The third-order valence-corrected chi connectivity index (χ3v) is 4.16. The molecule has 5 heteroatoms. The van der Waals surface area contributed by atoms with E-state index >= 15 is 0 Å². The molecule has 3 aromatic heterocycles. The van der Waals surface area contributed by atoms with Crippen LogP contribution in [0.3, 0.4) is 0 Å². The predicted molar refractivity (Wildman–Crippen MR) is 68.4 cm³/mol. The Labute approximate surface area is 104 Å². The van der Waals surface area contributed by atoms with Gasteiger partial charge in [-0.3, -0.25) is 4.40 Å². The van der Waals surface area contributed by atoms with Crippen LogP contribution >= 0.6 is 0 Å². The van der Waals surface area contributed by atoms with Crippen molar-refractivity contribution in [2.24, 2.45) is 5.92 Å². The van der Waals surface area contributed by atoms with E-state index in [1.165, 1.54) is 19.3 Å². The van der Waals surface area contributed by atoms with Crippen LogP contribution in [-0.2, 0) is 0 Å². The number of aromatic nitrogens is 5. The van der Waals surface area contributed by atoms with Crippen LogP contribution in [-0.4, -0.2) is 24.6 Å². The average Bonchev–Trinajstić information content (AvgIpc) is 3.04. The Balaban J connectivity index is 2.02. The molecule has 0 spiro atoms. The van der Waals surface area contributed by atoms with Crippen LogP contribution < -0.4 is 0 Å². The van der Waals surface area contributed by atoms with Gasteiger partial charge in [-0.05, 0) is 24.8 Å². The quantitative estimate of drug-likeness (QED) is 0.712. The van der Waals surface area contributed by atoms with Crippen molar-refractivity contribution in [3.8, 4) is 0 Å². The summed E-state index contributed by atoms with van der Waals surface area (Å²) in [6, 6.07) is 2.04. The number of fused-ring (bicyclic) bond motifs is 3. The molecule has 0 amide bonds. The molecule has 1 fully saturated rings. The van der Waals surface area contributed by atoms with Crippen LogP contribution in [0.5, 0.6) is 0 Å². The molecule has 0 saturated heterocycles. The van der Waals surface area contributed by atoms with E-state index in [1.54, 1.807) is 6.20 Å². The number of rotatable bonds is 1. The predicted octanol–water partition coefficient (Wildman–Crippen LogP) is 2.51. The molecular weight excluding hydrogens is 226 g/mol. The Morgan fingerprint density at radius 2 is 2.28 bits per heavy atom. The van der Waals surface area contributed by atoms with Crippen LogP contribution in [0.4, 0.5) is 0 Å². The maximum atomic E-state index is 4.42. The highest BCUT2D eigenvalue weighted by molar-refractivity contribution is 5.74. The Bertz CT molecular complexity index is 710. The standard InChI is InChI=1S/C13H15N5/c1-8-3-2-4-9(8)13-17-16-11-7-15-12-10(18(11)13)5-6-14-12/h5-9,14H,2-4H2,1H3/t8-,9?/m0/s1. The molecule has 1 unspecified atom stereocenters. The van der Waals surface area contributed by atoms with Crippen molar-refractivity contribution in [1.29, 1.82) is 0 Å². The zero-order valence-electron chi connectivity index (χ0n) is 10.3. The molecule has 4 rings (SSSR count). The number of aromatic amines is 1. The molecule has 3 aromatic rings. The summed E-state index contributed by atoms with van der Waals surface area (Å²) in [5.74, 6) is 2.32. The number of H-pyrrole nitrogens is 1. The first-order valence-electron chi connectivity index (χ1n) is 6.52. The normalized spacial score (nSPS) is 24.3. The second-order valence-electron chi connectivity index (χ2n) is 5.24. The van der Waals surface area contributed by atoms with Gasteiger partial charge in [0.2, 0.25) is 0 Å². The number of nitrogens with zero attached hydrogens (tertiary/aromatic N) is 4. The minimum absolute atomic E-state index is 0.528. The first-order valence-corrected chi connectivity index (χ1v) is 6.52. The molecule has 1 N–H and O–H groups in total. The molecule has 92 valence electrons. The van der Waals surface area contributed by atoms with Gasteiger partial charge < -0.3 is 4.98 Å². The highest BCUT2D eigenvalue weighted by Gasteiger charge is 2.29. The Morgan fingerprint density at radius 1 is 1.33 bits per heavy atom. The van der Waals surface area contributed by atoms with Gasteiger partial charge in [-0.25, -0.2) is 4.98 Å².